The molecule has 220 valence electrons. The molecule has 0 bridgehead atoms. The van der Waals surface area contributed by atoms with Crippen molar-refractivity contribution in [2.75, 3.05) is 13.7 Å². The summed E-state index contributed by atoms with van der Waals surface area (Å²) >= 11 is 0. The molecule has 1 aliphatic heterocycles. The minimum Gasteiger partial charge on any atom is -0.497 e. The van der Waals surface area contributed by atoms with E-state index in [1.807, 2.05) is 60.7 Å². The summed E-state index contributed by atoms with van der Waals surface area (Å²) in [4.78, 5) is 31.7. The summed E-state index contributed by atoms with van der Waals surface area (Å²) in [6, 6.07) is 39.5. The van der Waals surface area contributed by atoms with Crippen molar-refractivity contribution in [3.63, 3.8) is 0 Å². The normalized spacial score (nSPS) is 14.9. The van der Waals surface area contributed by atoms with E-state index in [1.165, 1.54) is 4.90 Å². The van der Waals surface area contributed by atoms with E-state index in [0.29, 0.717) is 24.2 Å². The lowest BCUT2D eigenvalue weighted by atomic mass is 10.1. The highest BCUT2D eigenvalue weighted by Gasteiger charge is 2.35. The van der Waals surface area contributed by atoms with E-state index in [1.54, 1.807) is 37.5 Å². The van der Waals surface area contributed by atoms with Crippen LogP contribution in [-0.2, 0) is 16.0 Å². The van der Waals surface area contributed by atoms with Crippen molar-refractivity contribution in [1.82, 2.24) is 9.47 Å². The van der Waals surface area contributed by atoms with E-state index in [-0.39, 0.29) is 17.7 Å². The topological polar surface area (TPSA) is 73.1 Å². The maximum Gasteiger partial charge on any atom is 0.305 e. The van der Waals surface area contributed by atoms with Gasteiger partial charge in [-0.1, -0.05) is 66.7 Å². The Kier molecular flexibility index (Phi) is 7.41. The molecule has 7 rings (SSSR count). The third-order valence-electron chi connectivity index (χ3n) is 7.96. The molecule has 7 nitrogen and oxygen atoms in total. The van der Waals surface area contributed by atoms with Crippen molar-refractivity contribution in [3.8, 4) is 11.4 Å². The smallest absolute Gasteiger partial charge is 0.305 e. The van der Waals surface area contributed by atoms with E-state index in [9.17, 15) is 9.59 Å². The van der Waals surface area contributed by atoms with Gasteiger partial charge in [-0.25, -0.2) is 0 Å². The molecule has 7 heteroatoms. The predicted octanol–water partition coefficient (Wildman–Crippen LogP) is 7.73. The summed E-state index contributed by atoms with van der Waals surface area (Å²) in [5.41, 5.74) is 5.95. The van der Waals surface area contributed by atoms with E-state index in [0.717, 1.165) is 50.7 Å². The number of benzene rings is 5. The molecule has 45 heavy (non-hydrogen) atoms. The van der Waals surface area contributed by atoms with Crippen LogP contribution in [0.2, 0.25) is 0 Å². The first-order valence-electron chi connectivity index (χ1n) is 14.7. The van der Waals surface area contributed by atoms with Crippen molar-refractivity contribution in [2.45, 2.75) is 6.42 Å². The van der Waals surface area contributed by atoms with Gasteiger partial charge in [0.15, 0.2) is 12.0 Å². The van der Waals surface area contributed by atoms with Gasteiger partial charge in [0.05, 0.1) is 23.8 Å². The second kappa shape index (κ2) is 12.0. The molecule has 0 atom stereocenters. The molecular formula is C38H29N3O4. The van der Waals surface area contributed by atoms with Crippen molar-refractivity contribution >= 4 is 51.8 Å². The molecule has 1 amide bonds. The molecule has 5 aromatic carbocycles. The zero-order chi connectivity index (χ0) is 30.8. The average Bonchev–Trinajstić information content (AvgIpc) is 3.57. The Bertz CT molecular complexity index is 2110. The van der Waals surface area contributed by atoms with E-state index < -0.39 is 0 Å². The fraction of sp³-hybridized carbons (Fsp3) is 0.0789. The molecule has 1 aliphatic rings. The minimum atomic E-state index is -0.294. The maximum atomic E-state index is 13.8. The van der Waals surface area contributed by atoms with Gasteiger partial charge in [-0.2, -0.15) is 4.99 Å². The van der Waals surface area contributed by atoms with Crippen molar-refractivity contribution in [3.05, 3.63) is 144 Å². The summed E-state index contributed by atoms with van der Waals surface area (Å²) in [6.07, 6.45) is 3.08. The molecule has 2 heterocycles. The number of para-hydroxylation sites is 3. The summed E-state index contributed by atoms with van der Waals surface area (Å²) in [5.74, 6) is 0.636. The fourth-order valence-electron chi connectivity index (χ4n) is 5.70. The number of methoxy groups -OCH3 is 1. The number of amidine groups is 1. The quantitative estimate of drug-likeness (QED) is 0.134. The molecule has 1 aromatic heterocycles. The number of hydrogen-bond acceptors (Lipinski definition) is 5. The standard InChI is InChI=1S/C38H29N3O4/c1-44-30-18-15-26(16-19-30)21-22-40-37(43)36(45-38(40)39-33-13-7-5-9-28(33)25-42)24-27-17-20-35-32(23-27)31-12-6-8-14-34(31)41(35)29-10-3-2-4-11-29/h2-20,23-25H,21-22H2,1H3/b36-24+,39-38?. The highest BCUT2D eigenvalue weighted by Crippen LogP contribution is 2.33. The summed E-state index contributed by atoms with van der Waals surface area (Å²) in [5, 5.41) is 2.18. The lowest BCUT2D eigenvalue weighted by molar-refractivity contribution is -0.122. The number of carbonyl (C=O) groups excluding carboxylic acids is 2. The SMILES string of the molecule is COc1ccc(CCN2C(=O)/C(=C\c3ccc4c(c3)c3ccccc3n4-c3ccccc3)OC2=Nc2ccccc2C=O)cc1. The van der Waals surface area contributed by atoms with Gasteiger partial charge in [0, 0.05) is 28.6 Å². The Hall–Kier alpha value is -5.95. The lowest BCUT2D eigenvalue weighted by Crippen LogP contribution is -2.31. The van der Waals surface area contributed by atoms with Crippen LogP contribution >= 0.6 is 0 Å². The number of hydrogen-bond donors (Lipinski definition) is 0. The number of rotatable bonds is 8. The number of aldehydes is 1. The van der Waals surface area contributed by atoms with Crippen LogP contribution in [0, 0.1) is 0 Å². The largest absolute Gasteiger partial charge is 0.497 e. The molecular weight excluding hydrogens is 562 g/mol. The zero-order valence-corrected chi connectivity index (χ0v) is 24.6. The third-order valence-corrected chi connectivity index (χ3v) is 7.96. The van der Waals surface area contributed by atoms with Crippen molar-refractivity contribution in [2.24, 2.45) is 4.99 Å². The molecule has 0 aliphatic carbocycles. The van der Waals surface area contributed by atoms with E-state index >= 15 is 0 Å². The molecule has 1 saturated heterocycles. The second-order valence-electron chi connectivity index (χ2n) is 10.7. The fourth-order valence-corrected chi connectivity index (χ4v) is 5.70. The molecule has 0 saturated carbocycles. The Labute approximate surface area is 260 Å². The monoisotopic (exact) mass is 591 g/mol. The first kappa shape index (κ1) is 27.9. The first-order chi connectivity index (χ1) is 22.1. The van der Waals surface area contributed by atoms with Crippen LogP contribution in [0.4, 0.5) is 5.69 Å². The number of aliphatic imine (C=N–C) groups is 1. The van der Waals surface area contributed by atoms with Crippen LogP contribution in [0.25, 0.3) is 33.6 Å². The Morgan fingerprint density at radius 2 is 1.53 bits per heavy atom. The number of ether oxygens (including phenoxy) is 2. The molecule has 1 fully saturated rings. The van der Waals surface area contributed by atoms with E-state index in [4.69, 9.17) is 9.47 Å². The van der Waals surface area contributed by atoms with Gasteiger partial charge in [-0.05, 0) is 78.2 Å². The minimum absolute atomic E-state index is 0.135. The summed E-state index contributed by atoms with van der Waals surface area (Å²) in [7, 11) is 1.63. The van der Waals surface area contributed by atoms with Gasteiger partial charge in [-0.15, -0.1) is 0 Å². The van der Waals surface area contributed by atoms with E-state index in [2.05, 4.69) is 46.0 Å². The van der Waals surface area contributed by atoms with Crippen LogP contribution in [0.15, 0.2) is 132 Å². The van der Waals surface area contributed by atoms with Crippen molar-refractivity contribution < 1.29 is 19.1 Å². The molecule has 0 spiro atoms. The summed E-state index contributed by atoms with van der Waals surface area (Å²) < 4.78 is 13.7. The van der Waals surface area contributed by atoms with Crippen LogP contribution in [-0.4, -0.2) is 41.3 Å². The van der Waals surface area contributed by atoms with Gasteiger partial charge in [0.25, 0.3) is 5.91 Å². The van der Waals surface area contributed by atoms with Gasteiger partial charge in [0.2, 0.25) is 0 Å². The van der Waals surface area contributed by atoms with Gasteiger partial charge < -0.3 is 14.0 Å². The number of aromatic nitrogens is 1. The third kappa shape index (κ3) is 5.36. The molecule has 0 N–H and O–H groups in total. The van der Waals surface area contributed by atoms with Crippen molar-refractivity contribution in [1.29, 1.82) is 0 Å². The Morgan fingerprint density at radius 1 is 0.800 bits per heavy atom. The summed E-state index contributed by atoms with van der Waals surface area (Å²) in [6.45, 7) is 0.341. The molecule has 0 radical (unpaired) electrons. The van der Waals surface area contributed by atoms with Crippen LogP contribution < -0.4 is 4.74 Å². The Morgan fingerprint density at radius 3 is 2.33 bits per heavy atom. The molecule has 6 aromatic rings. The highest BCUT2D eigenvalue weighted by molar-refractivity contribution is 6.13. The van der Waals surface area contributed by atoms with Gasteiger partial charge >= 0.3 is 6.02 Å². The number of amides is 1. The average molecular weight is 592 g/mol. The first-order valence-corrected chi connectivity index (χ1v) is 14.7. The highest BCUT2D eigenvalue weighted by atomic mass is 16.5. The van der Waals surface area contributed by atoms with Crippen LogP contribution in [0.5, 0.6) is 5.75 Å². The number of fused-ring (bicyclic) bond motifs is 3. The van der Waals surface area contributed by atoms with Gasteiger partial charge in [0.1, 0.15) is 5.75 Å². The molecule has 0 unspecified atom stereocenters. The maximum absolute atomic E-state index is 13.8. The predicted molar refractivity (Wildman–Crippen MR) is 177 cm³/mol. The van der Waals surface area contributed by atoms with Crippen LogP contribution in [0.1, 0.15) is 21.5 Å². The number of carbonyl (C=O) groups is 2. The van der Waals surface area contributed by atoms with Crippen LogP contribution in [0.3, 0.4) is 0 Å². The van der Waals surface area contributed by atoms with Gasteiger partial charge in [-0.3, -0.25) is 14.5 Å². The lowest BCUT2D eigenvalue weighted by Gasteiger charge is -2.14. The zero-order valence-electron chi connectivity index (χ0n) is 24.6. The Balaban J connectivity index is 1.27. The second-order valence-corrected chi connectivity index (χ2v) is 10.7. The number of nitrogens with zero attached hydrogens (tertiary/aromatic N) is 3.